The minimum Gasteiger partial charge on any atom is -0.393 e. The average Bonchev–Trinajstić information content (AvgIpc) is 2.48. The highest BCUT2D eigenvalue weighted by Crippen LogP contribution is 2.20. The summed E-state index contributed by atoms with van der Waals surface area (Å²) >= 11 is 2.03. The topological polar surface area (TPSA) is 23.5 Å². The number of aliphatic hydroxyl groups excluding tert-OH is 1. The van der Waals surface area contributed by atoms with Gasteiger partial charge in [0.05, 0.1) is 6.10 Å². The Labute approximate surface area is 127 Å². The monoisotopic (exact) mass is 293 g/mol. The molecule has 112 valence electrons. The van der Waals surface area contributed by atoms with Gasteiger partial charge < -0.3 is 10.0 Å². The zero-order valence-electron chi connectivity index (χ0n) is 12.5. The lowest BCUT2D eigenvalue weighted by Gasteiger charge is -2.34. The lowest BCUT2D eigenvalue weighted by atomic mass is 9.93. The Morgan fingerprint density at radius 3 is 2.90 bits per heavy atom. The molecule has 2 atom stereocenters. The van der Waals surface area contributed by atoms with E-state index < -0.39 is 0 Å². The summed E-state index contributed by atoms with van der Waals surface area (Å²) in [5, 5.41) is 9.70. The van der Waals surface area contributed by atoms with Crippen LogP contribution in [0.2, 0.25) is 0 Å². The van der Waals surface area contributed by atoms with Gasteiger partial charge in [0.2, 0.25) is 0 Å². The number of aliphatic hydroxyl groups is 1. The summed E-state index contributed by atoms with van der Waals surface area (Å²) in [5.74, 6) is 2.84. The number of thioether (sulfide) groups is 1. The van der Waals surface area contributed by atoms with Crippen molar-refractivity contribution in [3.8, 4) is 0 Å². The fourth-order valence-electron chi connectivity index (χ4n) is 2.84. The third kappa shape index (κ3) is 5.47. The van der Waals surface area contributed by atoms with Crippen molar-refractivity contribution >= 4 is 11.8 Å². The van der Waals surface area contributed by atoms with Crippen LogP contribution in [-0.2, 0) is 5.75 Å². The average molecular weight is 293 g/mol. The molecular formula is C17H27NOS. The van der Waals surface area contributed by atoms with Crippen LogP contribution in [0.15, 0.2) is 30.3 Å². The Bertz CT molecular complexity index is 369. The first-order chi connectivity index (χ1) is 9.75. The van der Waals surface area contributed by atoms with Crippen LogP contribution in [0, 0.1) is 5.92 Å². The van der Waals surface area contributed by atoms with E-state index in [1.807, 2.05) is 18.7 Å². The smallest absolute Gasteiger partial charge is 0.0552 e. The lowest BCUT2D eigenvalue weighted by Crippen LogP contribution is -2.40. The van der Waals surface area contributed by atoms with Gasteiger partial charge in [-0.25, -0.2) is 0 Å². The van der Waals surface area contributed by atoms with E-state index in [-0.39, 0.29) is 6.10 Å². The van der Waals surface area contributed by atoms with Crippen LogP contribution in [-0.4, -0.2) is 41.5 Å². The summed E-state index contributed by atoms with van der Waals surface area (Å²) < 4.78 is 0. The van der Waals surface area contributed by atoms with Crippen LogP contribution in [0.5, 0.6) is 0 Å². The highest BCUT2D eigenvalue weighted by atomic mass is 32.2. The predicted molar refractivity (Wildman–Crippen MR) is 88.1 cm³/mol. The first-order valence-corrected chi connectivity index (χ1v) is 8.93. The summed E-state index contributed by atoms with van der Waals surface area (Å²) in [6.07, 6.45) is 3.54. The second-order valence-electron chi connectivity index (χ2n) is 5.84. The highest BCUT2D eigenvalue weighted by Gasteiger charge is 2.22. The van der Waals surface area contributed by atoms with Crippen molar-refractivity contribution < 1.29 is 5.11 Å². The van der Waals surface area contributed by atoms with Crippen molar-refractivity contribution in [3.05, 3.63) is 35.9 Å². The van der Waals surface area contributed by atoms with Gasteiger partial charge in [-0.05, 0) is 56.5 Å². The van der Waals surface area contributed by atoms with Crippen molar-refractivity contribution in [2.75, 3.05) is 25.4 Å². The van der Waals surface area contributed by atoms with Gasteiger partial charge in [-0.15, -0.1) is 0 Å². The van der Waals surface area contributed by atoms with E-state index in [1.54, 1.807) is 0 Å². The van der Waals surface area contributed by atoms with Crippen molar-refractivity contribution in [2.24, 2.45) is 5.92 Å². The fraction of sp³-hybridized carbons (Fsp3) is 0.647. The van der Waals surface area contributed by atoms with Gasteiger partial charge >= 0.3 is 0 Å². The number of piperidine rings is 1. The molecule has 0 aromatic heterocycles. The van der Waals surface area contributed by atoms with Gasteiger partial charge in [0.15, 0.2) is 0 Å². The molecule has 0 saturated carbocycles. The quantitative estimate of drug-likeness (QED) is 0.779. The fourth-order valence-corrected chi connectivity index (χ4v) is 3.75. The molecule has 3 heteroatoms. The first kappa shape index (κ1) is 15.9. The van der Waals surface area contributed by atoms with Crippen molar-refractivity contribution in [2.45, 2.75) is 38.0 Å². The molecule has 1 aromatic carbocycles. The minimum absolute atomic E-state index is 0.148. The molecule has 1 N–H and O–H groups in total. The van der Waals surface area contributed by atoms with Crippen molar-refractivity contribution in [3.63, 3.8) is 0 Å². The second kappa shape index (κ2) is 8.71. The largest absolute Gasteiger partial charge is 0.393 e. The first-order valence-electron chi connectivity index (χ1n) is 7.78. The second-order valence-corrected chi connectivity index (χ2v) is 6.94. The van der Waals surface area contributed by atoms with Crippen LogP contribution in [0.4, 0.5) is 0 Å². The number of likely N-dealkylation sites (tertiary alicyclic amines) is 1. The SMILES string of the molecule is CC(O)C1CCCN(CCCSCc2ccccc2)C1. The van der Waals surface area contributed by atoms with Gasteiger partial charge in [-0.2, -0.15) is 11.8 Å². The van der Waals surface area contributed by atoms with E-state index in [0.29, 0.717) is 5.92 Å². The van der Waals surface area contributed by atoms with Crippen LogP contribution < -0.4 is 0 Å². The number of hydrogen-bond acceptors (Lipinski definition) is 3. The standard InChI is InChI=1S/C17H27NOS/c1-15(19)17-9-5-10-18(13-17)11-6-12-20-14-16-7-3-2-4-8-16/h2-4,7-8,15,17,19H,5-6,9-14H2,1H3. The Hall–Kier alpha value is -0.510. The van der Waals surface area contributed by atoms with Crippen molar-refractivity contribution in [1.82, 2.24) is 4.90 Å². The Kier molecular flexibility index (Phi) is 6.91. The van der Waals surface area contributed by atoms with Gasteiger partial charge in [-0.1, -0.05) is 30.3 Å². The van der Waals surface area contributed by atoms with Crippen molar-refractivity contribution in [1.29, 1.82) is 0 Å². The Morgan fingerprint density at radius 2 is 2.15 bits per heavy atom. The molecule has 2 nitrogen and oxygen atoms in total. The molecule has 1 aliphatic rings. The molecule has 1 aliphatic heterocycles. The molecule has 0 aliphatic carbocycles. The number of hydrogen-bond donors (Lipinski definition) is 1. The minimum atomic E-state index is -0.148. The van der Waals surface area contributed by atoms with E-state index in [2.05, 4.69) is 35.2 Å². The molecule has 1 aromatic rings. The molecule has 1 heterocycles. The molecule has 20 heavy (non-hydrogen) atoms. The molecule has 1 saturated heterocycles. The van der Waals surface area contributed by atoms with E-state index in [1.165, 1.54) is 43.7 Å². The maximum absolute atomic E-state index is 9.70. The number of rotatable bonds is 7. The van der Waals surface area contributed by atoms with Crippen LogP contribution in [0.3, 0.4) is 0 Å². The highest BCUT2D eigenvalue weighted by molar-refractivity contribution is 7.98. The van der Waals surface area contributed by atoms with E-state index in [9.17, 15) is 5.11 Å². The summed E-state index contributed by atoms with van der Waals surface area (Å²) in [7, 11) is 0. The van der Waals surface area contributed by atoms with Gasteiger partial charge in [0.25, 0.3) is 0 Å². The molecule has 0 amide bonds. The number of benzene rings is 1. The molecular weight excluding hydrogens is 266 g/mol. The van der Waals surface area contributed by atoms with E-state index in [4.69, 9.17) is 0 Å². The molecule has 2 unspecified atom stereocenters. The van der Waals surface area contributed by atoms with Crippen LogP contribution in [0.25, 0.3) is 0 Å². The maximum atomic E-state index is 9.70. The summed E-state index contributed by atoms with van der Waals surface area (Å²) in [5.41, 5.74) is 1.42. The normalized spacial score (nSPS) is 21.8. The van der Waals surface area contributed by atoms with E-state index >= 15 is 0 Å². The van der Waals surface area contributed by atoms with E-state index in [0.717, 1.165) is 12.3 Å². The summed E-state index contributed by atoms with van der Waals surface area (Å²) in [6.45, 7) is 5.42. The Morgan fingerprint density at radius 1 is 1.35 bits per heavy atom. The predicted octanol–water partition coefficient (Wildman–Crippen LogP) is 3.40. The zero-order valence-corrected chi connectivity index (χ0v) is 13.3. The third-order valence-corrected chi connectivity index (χ3v) is 5.21. The summed E-state index contributed by atoms with van der Waals surface area (Å²) in [4.78, 5) is 2.53. The van der Waals surface area contributed by atoms with Crippen LogP contribution in [0.1, 0.15) is 31.7 Å². The number of nitrogens with zero attached hydrogens (tertiary/aromatic N) is 1. The molecule has 0 radical (unpaired) electrons. The zero-order chi connectivity index (χ0) is 14.2. The van der Waals surface area contributed by atoms with Gasteiger partial charge in [0, 0.05) is 12.3 Å². The Balaban J connectivity index is 1.57. The summed E-state index contributed by atoms with van der Waals surface area (Å²) in [6, 6.07) is 10.7. The van der Waals surface area contributed by atoms with Gasteiger partial charge in [-0.3, -0.25) is 0 Å². The molecule has 1 fully saturated rings. The molecule has 0 bridgehead atoms. The molecule has 0 spiro atoms. The lowest BCUT2D eigenvalue weighted by molar-refractivity contribution is 0.0631. The van der Waals surface area contributed by atoms with Crippen LogP contribution >= 0.6 is 11.8 Å². The third-order valence-electron chi connectivity index (χ3n) is 4.10. The molecule has 2 rings (SSSR count). The van der Waals surface area contributed by atoms with Gasteiger partial charge in [0.1, 0.15) is 0 Å². The maximum Gasteiger partial charge on any atom is 0.0552 e.